The molecular formula is C19H22N2O4. The number of benzene rings is 2. The molecule has 0 aliphatic heterocycles. The highest BCUT2D eigenvalue weighted by Gasteiger charge is 2.11. The van der Waals surface area contributed by atoms with Gasteiger partial charge in [-0.3, -0.25) is 9.59 Å². The summed E-state index contributed by atoms with van der Waals surface area (Å²) in [6.45, 7) is 0.736. The largest absolute Gasteiger partial charge is 0.497 e. The smallest absolute Gasteiger partial charge is 0.251 e. The molecule has 0 fully saturated rings. The number of ether oxygens (including phenoxy) is 2. The summed E-state index contributed by atoms with van der Waals surface area (Å²) in [5, 5.41) is 2.62. The molecule has 6 nitrogen and oxygen atoms in total. The summed E-state index contributed by atoms with van der Waals surface area (Å²) in [4.78, 5) is 25.5. The maximum Gasteiger partial charge on any atom is 0.251 e. The van der Waals surface area contributed by atoms with Gasteiger partial charge in [0.05, 0.1) is 20.2 Å². The minimum absolute atomic E-state index is 0.0488. The van der Waals surface area contributed by atoms with E-state index in [-0.39, 0.29) is 18.4 Å². The Bertz CT molecular complexity index is 686. The van der Waals surface area contributed by atoms with E-state index in [0.29, 0.717) is 24.5 Å². The number of carbonyl (C=O) groups excluding carboxylic acids is 2. The Labute approximate surface area is 147 Å². The van der Waals surface area contributed by atoms with Gasteiger partial charge < -0.3 is 19.7 Å². The Morgan fingerprint density at radius 3 is 2.28 bits per heavy atom. The molecule has 0 aromatic heterocycles. The zero-order valence-electron chi connectivity index (χ0n) is 14.4. The van der Waals surface area contributed by atoms with Crippen LogP contribution in [0.25, 0.3) is 0 Å². The third kappa shape index (κ3) is 5.84. The average molecular weight is 342 g/mol. The number of amides is 2. The molecule has 2 aromatic carbocycles. The summed E-state index contributed by atoms with van der Waals surface area (Å²) in [7, 11) is 3.28. The number of likely N-dealkylation sites (N-methyl/N-ethyl adjacent to an activating group) is 1. The molecule has 0 bridgehead atoms. The normalized spacial score (nSPS) is 10.0. The van der Waals surface area contributed by atoms with E-state index in [1.54, 1.807) is 50.6 Å². The first-order valence-corrected chi connectivity index (χ1v) is 7.94. The molecule has 25 heavy (non-hydrogen) atoms. The molecule has 0 heterocycles. The van der Waals surface area contributed by atoms with E-state index in [0.717, 1.165) is 5.75 Å². The molecule has 0 aliphatic carbocycles. The van der Waals surface area contributed by atoms with Gasteiger partial charge in [-0.15, -0.1) is 0 Å². The number of hydrogen-bond donors (Lipinski definition) is 1. The molecule has 0 saturated heterocycles. The first-order chi connectivity index (χ1) is 12.1. The Balaban J connectivity index is 1.70. The van der Waals surface area contributed by atoms with Crippen LogP contribution in [0.15, 0.2) is 54.6 Å². The standard InChI is InChI=1S/C19H22N2O4/c1-21(12-13-25-17-10-8-16(24-2)9-11-17)18(22)14-20-19(23)15-6-4-3-5-7-15/h3-11H,12-14H2,1-2H3,(H,20,23). The van der Waals surface area contributed by atoms with Gasteiger partial charge >= 0.3 is 0 Å². The number of rotatable bonds is 8. The Hall–Kier alpha value is -3.02. The van der Waals surface area contributed by atoms with Gasteiger partial charge in [-0.1, -0.05) is 18.2 Å². The number of carbonyl (C=O) groups is 2. The summed E-state index contributed by atoms with van der Waals surface area (Å²) in [5.74, 6) is 1.02. The van der Waals surface area contributed by atoms with Crippen LogP contribution >= 0.6 is 0 Å². The van der Waals surface area contributed by atoms with Crippen LogP contribution in [0, 0.1) is 0 Å². The van der Waals surface area contributed by atoms with Crippen LogP contribution in [-0.4, -0.2) is 50.6 Å². The van der Waals surface area contributed by atoms with E-state index in [4.69, 9.17) is 9.47 Å². The van der Waals surface area contributed by atoms with Crippen LogP contribution in [0.2, 0.25) is 0 Å². The topological polar surface area (TPSA) is 67.9 Å². The monoisotopic (exact) mass is 342 g/mol. The molecule has 0 aliphatic rings. The van der Waals surface area contributed by atoms with Gasteiger partial charge in [0.1, 0.15) is 18.1 Å². The van der Waals surface area contributed by atoms with Crippen molar-refractivity contribution in [3.05, 3.63) is 60.2 Å². The first-order valence-electron chi connectivity index (χ1n) is 7.94. The first kappa shape index (κ1) is 18.3. The molecule has 6 heteroatoms. The molecule has 0 saturated carbocycles. The number of hydrogen-bond acceptors (Lipinski definition) is 4. The number of nitrogens with zero attached hydrogens (tertiary/aromatic N) is 1. The van der Waals surface area contributed by atoms with Crippen molar-refractivity contribution in [3.8, 4) is 11.5 Å². The molecule has 0 spiro atoms. The molecule has 2 rings (SSSR count). The fraction of sp³-hybridized carbons (Fsp3) is 0.263. The van der Waals surface area contributed by atoms with Crippen molar-refractivity contribution in [1.82, 2.24) is 10.2 Å². The Morgan fingerprint density at radius 2 is 1.64 bits per heavy atom. The van der Waals surface area contributed by atoms with Crippen molar-refractivity contribution in [2.75, 3.05) is 33.9 Å². The zero-order valence-corrected chi connectivity index (χ0v) is 14.4. The Kier molecular flexibility index (Phi) is 6.83. The van der Waals surface area contributed by atoms with Gasteiger partial charge in [-0.05, 0) is 36.4 Å². The summed E-state index contributed by atoms with van der Waals surface area (Å²) < 4.78 is 10.7. The maximum atomic E-state index is 12.0. The second-order valence-corrected chi connectivity index (χ2v) is 5.39. The molecular weight excluding hydrogens is 320 g/mol. The SMILES string of the molecule is COc1ccc(OCCN(C)C(=O)CNC(=O)c2ccccc2)cc1. The molecule has 2 aromatic rings. The quantitative estimate of drug-likeness (QED) is 0.796. The molecule has 0 radical (unpaired) electrons. The predicted molar refractivity (Wildman–Crippen MR) is 94.9 cm³/mol. The second kappa shape index (κ2) is 9.32. The minimum Gasteiger partial charge on any atom is -0.497 e. The van der Waals surface area contributed by atoms with Crippen LogP contribution in [0.1, 0.15) is 10.4 Å². The van der Waals surface area contributed by atoms with Crippen molar-refractivity contribution in [1.29, 1.82) is 0 Å². The van der Waals surface area contributed by atoms with Gasteiger partial charge in [0, 0.05) is 12.6 Å². The van der Waals surface area contributed by atoms with E-state index >= 15 is 0 Å². The van der Waals surface area contributed by atoms with Crippen LogP contribution in [-0.2, 0) is 4.79 Å². The van der Waals surface area contributed by atoms with E-state index in [2.05, 4.69) is 5.32 Å². The molecule has 0 atom stereocenters. The van der Waals surface area contributed by atoms with Crippen molar-refractivity contribution in [2.45, 2.75) is 0 Å². The summed E-state index contributed by atoms with van der Waals surface area (Å²) in [5.41, 5.74) is 0.529. The average Bonchev–Trinajstić information content (AvgIpc) is 2.66. The van der Waals surface area contributed by atoms with Gasteiger partial charge in [-0.2, -0.15) is 0 Å². The highest BCUT2D eigenvalue weighted by atomic mass is 16.5. The second-order valence-electron chi connectivity index (χ2n) is 5.39. The van der Waals surface area contributed by atoms with E-state index in [1.165, 1.54) is 4.90 Å². The number of methoxy groups -OCH3 is 1. The van der Waals surface area contributed by atoms with Crippen LogP contribution < -0.4 is 14.8 Å². The Morgan fingerprint density at radius 1 is 1.00 bits per heavy atom. The minimum atomic E-state index is -0.267. The van der Waals surface area contributed by atoms with Crippen LogP contribution in [0.4, 0.5) is 0 Å². The maximum absolute atomic E-state index is 12.0. The highest BCUT2D eigenvalue weighted by Crippen LogP contribution is 2.16. The van der Waals surface area contributed by atoms with Crippen molar-refractivity contribution in [2.24, 2.45) is 0 Å². The lowest BCUT2D eigenvalue weighted by Gasteiger charge is -2.18. The third-order valence-corrected chi connectivity index (χ3v) is 3.62. The van der Waals surface area contributed by atoms with Crippen molar-refractivity contribution in [3.63, 3.8) is 0 Å². The van der Waals surface area contributed by atoms with Gasteiger partial charge in [0.15, 0.2) is 0 Å². The molecule has 2 amide bonds. The zero-order chi connectivity index (χ0) is 18.1. The number of nitrogens with one attached hydrogen (secondary N) is 1. The summed E-state index contributed by atoms with van der Waals surface area (Å²) in [6, 6.07) is 16.0. The predicted octanol–water partition coefficient (Wildman–Crippen LogP) is 1.96. The van der Waals surface area contributed by atoms with Gasteiger partial charge in [0.2, 0.25) is 5.91 Å². The lowest BCUT2D eigenvalue weighted by molar-refractivity contribution is -0.129. The van der Waals surface area contributed by atoms with E-state index in [1.807, 2.05) is 18.2 Å². The molecule has 0 unspecified atom stereocenters. The van der Waals surface area contributed by atoms with Crippen molar-refractivity contribution < 1.29 is 19.1 Å². The molecule has 132 valence electrons. The lowest BCUT2D eigenvalue weighted by Crippen LogP contribution is -2.39. The third-order valence-electron chi connectivity index (χ3n) is 3.62. The molecule has 1 N–H and O–H groups in total. The van der Waals surface area contributed by atoms with Gasteiger partial charge in [-0.25, -0.2) is 0 Å². The van der Waals surface area contributed by atoms with E-state index < -0.39 is 0 Å². The fourth-order valence-corrected chi connectivity index (χ4v) is 2.08. The van der Waals surface area contributed by atoms with Crippen LogP contribution in [0.5, 0.6) is 11.5 Å². The highest BCUT2D eigenvalue weighted by molar-refractivity contribution is 5.96. The van der Waals surface area contributed by atoms with E-state index in [9.17, 15) is 9.59 Å². The van der Waals surface area contributed by atoms with Crippen LogP contribution in [0.3, 0.4) is 0 Å². The summed E-state index contributed by atoms with van der Waals surface area (Å²) in [6.07, 6.45) is 0. The van der Waals surface area contributed by atoms with Crippen molar-refractivity contribution >= 4 is 11.8 Å². The fourth-order valence-electron chi connectivity index (χ4n) is 2.08. The lowest BCUT2D eigenvalue weighted by atomic mass is 10.2. The summed E-state index contributed by atoms with van der Waals surface area (Å²) >= 11 is 0. The van der Waals surface area contributed by atoms with Gasteiger partial charge in [0.25, 0.3) is 5.91 Å².